The Morgan fingerprint density at radius 2 is 1.84 bits per heavy atom. The van der Waals surface area contributed by atoms with Gasteiger partial charge in [0.25, 0.3) is 0 Å². The Hall–Kier alpha value is -3.54. The van der Waals surface area contributed by atoms with Crippen LogP contribution in [0.4, 0.5) is 0 Å². The van der Waals surface area contributed by atoms with E-state index in [4.69, 9.17) is 9.47 Å². The Kier molecular flexibility index (Phi) is 6.80. The predicted molar refractivity (Wildman–Crippen MR) is 120 cm³/mol. The highest BCUT2D eigenvalue weighted by molar-refractivity contribution is 5.96. The summed E-state index contributed by atoms with van der Waals surface area (Å²) in [6, 6.07) is 13.3. The summed E-state index contributed by atoms with van der Waals surface area (Å²) in [5.74, 6) is -0.167. The van der Waals surface area contributed by atoms with Gasteiger partial charge in [0.2, 0.25) is 0 Å². The third kappa shape index (κ3) is 4.79. The fourth-order valence-corrected chi connectivity index (χ4v) is 3.47. The summed E-state index contributed by atoms with van der Waals surface area (Å²) in [5.41, 5.74) is 4.92. The van der Waals surface area contributed by atoms with Gasteiger partial charge >= 0.3 is 11.9 Å². The van der Waals surface area contributed by atoms with Gasteiger partial charge in [-0.05, 0) is 62.2 Å². The van der Waals surface area contributed by atoms with Crippen LogP contribution in [0.15, 0.2) is 55.1 Å². The van der Waals surface area contributed by atoms with Crippen LogP contribution in [0.5, 0.6) is 5.75 Å². The second-order valence-electron chi connectivity index (χ2n) is 7.34. The number of aryl methyl sites for hydroxylation is 1. The van der Waals surface area contributed by atoms with E-state index in [1.165, 1.54) is 7.11 Å². The fourth-order valence-electron chi connectivity index (χ4n) is 3.47. The molecule has 3 aromatic rings. The van der Waals surface area contributed by atoms with E-state index < -0.39 is 12.1 Å². The molecule has 6 heteroatoms. The van der Waals surface area contributed by atoms with Crippen LogP contribution in [0, 0.1) is 13.8 Å². The fraction of sp³-hybridized carbons (Fsp3) is 0.280. The van der Waals surface area contributed by atoms with E-state index in [-0.39, 0.29) is 12.6 Å². The van der Waals surface area contributed by atoms with E-state index in [2.05, 4.69) is 29.7 Å². The van der Waals surface area contributed by atoms with Crippen LogP contribution in [-0.2, 0) is 20.8 Å². The summed E-state index contributed by atoms with van der Waals surface area (Å²) in [7, 11) is 1.34. The number of esters is 2. The van der Waals surface area contributed by atoms with E-state index in [0.717, 1.165) is 27.7 Å². The van der Waals surface area contributed by atoms with Crippen molar-refractivity contribution in [1.82, 2.24) is 4.57 Å². The average molecular weight is 421 g/mol. The SMILES string of the molecule is C=CCOC(=O)c1ccc2c(c1)c(C)c(C)n2Cc1ccc(OC(C)C(=O)OC)cc1. The number of carbonyl (C=O) groups excluding carboxylic acids is 2. The zero-order valence-electron chi connectivity index (χ0n) is 18.3. The molecule has 0 N–H and O–H groups in total. The van der Waals surface area contributed by atoms with Gasteiger partial charge in [-0.1, -0.05) is 24.8 Å². The number of nitrogens with zero attached hydrogens (tertiary/aromatic N) is 1. The van der Waals surface area contributed by atoms with E-state index >= 15 is 0 Å². The molecule has 0 amide bonds. The molecule has 1 heterocycles. The van der Waals surface area contributed by atoms with Crippen molar-refractivity contribution >= 4 is 22.8 Å². The number of aromatic nitrogens is 1. The Bertz CT molecular complexity index is 1110. The van der Waals surface area contributed by atoms with Crippen molar-refractivity contribution < 1.29 is 23.8 Å². The van der Waals surface area contributed by atoms with Crippen molar-refractivity contribution in [3.8, 4) is 5.75 Å². The van der Waals surface area contributed by atoms with E-state index in [1.54, 1.807) is 19.1 Å². The van der Waals surface area contributed by atoms with Gasteiger partial charge in [0.1, 0.15) is 12.4 Å². The van der Waals surface area contributed by atoms with Crippen LogP contribution in [0.25, 0.3) is 10.9 Å². The van der Waals surface area contributed by atoms with Crippen LogP contribution in [0.1, 0.15) is 34.1 Å². The molecule has 31 heavy (non-hydrogen) atoms. The molecule has 0 spiro atoms. The number of methoxy groups -OCH3 is 1. The van der Waals surface area contributed by atoms with E-state index in [1.807, 2.05) is 36.4 Å². The summed E-state index contributed by atoms with van der Waals surface area (Å²) < 4.78 is 17.7. The summed E-state index contributed by atoms with van der Waals surface area (Å²) >= 11 is 0. The van der Waals surface area contributed by atoms with Gasteiger partial charge in [-0.25, -0.2) is 9.59 Å². The maximum atomic E-state index is 12.2. The Morgan fingerprint density at radius 3 is 2.48 bits per heavy atom. The highest BCUT2D eigenvalue weighted by Gasteiger charge is 2.16. The highest BCUT2D eigenvalue weighted by atomic mass is 16.6. The zero-order valence-corrected chi connectivity index (χ0v) is 18.3. The van der Waals surface area contributed by atoms with Gasteiger partial charge in [0.15, 0.2) is 6.10 Å². The molecular formula is C25H27NO5. The van der Waals surface area contributed by atoms with Crippen molar-refractivity contribution in [3.63, 3.8) is 0 Å². The van der Waals surface area contributed by atoms with Crippen LogP contribution >= 0.6 is 0 Å². The van der Waals surface area contributed by atoms with Crippen LogP contribution in [0.2, 0.25) is 0 Å². The highest BCUT2D eigenvalue weighted by Crippen LogP contribution is 2.28. The van der Waals surface area contributed by atoms with Gasteiger partial charge in [0, 0.05) is 23.1 Å². The largest absolute Gasteiger partial charge is 0.479 e. The molecule has 2 aromatic carbocycles. The second kappa shape index (κ2) is 9.51. The van der Waals surface area contributed by atoms with Gasteiger partial charge in [-0.15, -0.1) is 0 Å². The molecule has 0 aliphatic heterocycles. The summed E-state index contributed by atoms with van der Waals surface area (Å²) in [4.78, 5) is 23.7. The average Bonchev–Trinajstić information content (AvgIpc) is 3.02. The molecule has 0 saturated heterocycles. The lowest BCUT2D eigenvalue weighted by Crippen LogP contribution is -2.24. The molecule has 0 aliphatic carbocycles. The summed E-state index contributed by atoms with van der Waals surface area (Å²) in [6.45, 7) is 10.2. The van der Waals surface area contributed by atoms with Crippen LogP contribution in [-0.4, -0.2) is 36.3 Å². The second-order valence-corrected chi connectivity index (χ2v) is 7.34. The predicted octanol–water partition coefficient (Wildman–Crippen LogP) is 4.59. The number of ether oxygens (including phenoxy) is 3. The molecule has 1 aromatic heterocycles. The lowest BCUT2D eigenvalue weighted by Gasteiger charge is -2.13. The first-order valence-corrected chi connectivity index (χ1v) is 10.1. The Labute approximate surface area is 182 Å². The third-order valence-corrected chi connectivity index (χ3v) is 5.32. The maximum Gasteiger partial charge on any atom is 0.346 e. The number of carbonyl (C=O) groups is 2. The summed E-state index contributed by atoms with van der Waals surface area (Å²) in [5, 5.41) is 1.03. The van der Waals surface area contributed by atoms with Crippen LogP contribution < -0.4 is 4.74 Å². The van der Waals surface area contributed by atoms with Crippen molar-refractivity contribution in [3.05, 3.63) is 77.5 Å². The lowest BCUT2D eigenvalue weighted by molar-refractivity contribution is -0.147. The van der Waals surface area contributed by atoms with E-state index in [9.17, 15) is 9.59 Å². The molecule has 0 aliphatic rings. The summed E-state index contributed by atoms with van der Waals surface area (Å²) in [6.07, 6.45) is 0.885. The number of benzene rings is 2. The minimum Gasteiger partial charge on any atom is -0.479 e. The molecule has 0 saturated carbocycles. The van der Waals surface area contributed by atoms with Crippen LogP contribution in [0.3, 0.4) is 0 Å². The van der Waals surface area contributed by atoms with Crippen molar-refractivity contribution in [2.75, 3.05) is 13.7 Å². The Morgan fingerprint density at radius 1 is 1.13 bits per heavy atom. The van der Waals surface area contributed by atoms with Crippen molar-refractivity contribution in [1.29, 1.82) is 0 Å². The molecule has 6 nitrogen and oxygen atoms in total. The van der Waals surface area contributed by atoms with Gasteiger partial charge < -0.3 is 18.8 Å². The molecule has 1 unspecified atom stereocenters. The van der Waals surface area contributed by atoms with Gasteiger partial charge in [-0.3, -0.25) is 0 Å². The van der Waals surface area contributed by atoms with Gasteiger partial charge in [0.05, 0.1) is 12.7 Å². The molecular weight excluding hydrogens is 394 g/mol. The molecule has 162 valence electrons. The van der Waals surface area contributed by atoms with Crippen molar-refractivity contribution in [2.45, 2.75) is 33.4 Å². The quantitative estimate of drug-likeness (QED) is 0.393. The number of hydrogen-bond acceptors (Lipinski definition) is 5. The van der Waals surface area contributed by atoms with Crippen molar-refractivity contribution in [2.24, 2.45) is 0 Å². The number of fused-ring (bicyclic) bond motifs is 1. The first kappa shape index (κ1) is 22.2. The Balaban J connectivity index is 1.83. The molecule has 0 fully saturated rings. The normalized spacial score (nSPS) is 11.7. The number of hydrogen-bond donors (Lipinski definition) is 0. The number of rotatable bonds is 8. The minimum atomic E-state index is -0.665. The monoisotopic (exact) mass is 421 g/mol. The molecule has 3 rings (SSSR count). The molecule has 0 bridgehead atoms. The first-order chi connectivity index (χ1) is 14.8. The lowest BCUT2D eigenvalue weighted by atomic mass is 10.1. The standard InChI is InChI=1S/C25H27NO5/c1-6-13-30-25(28)20-9-12-23-22(14-20)16(2)17(3)26(23)15-19-7-10-21(11-8-19)31-18(4)24(27)29-5/h6-12,14,18H,1,13,15H2,2-5H3. The topological polar surface area (TPSA) is 66.8 Å². The van der Waals surface area contributed by atoms with Gasteiger partial charge in [-0.2, -0.15) is 0 Å². The minimum absolute atomic E-state index is 0.189. The third-order valence-electron chi connectivity index (χ3n) is 5.32. The molecule has 1 atom stereocenters. The molecule has 0 radical (unpaired) electrons. The first-order valence-electron chi connectivity index (χ1n) is 10.1. The van der Waals surface area contributed by atoms with E-state index in [0.29, 0.717) is 17.9 Å². The smallest absolute Gasteiger partial charge is 0.346 e. The maximum absolute atomic E-state index is 12.2. The zero-order chi connectivity index (χ0) is 22.5.